The van der Waals surface area contributed by atoms with Crippen molar-refractivity contribution in [3.8, 4) is 17.6 Å². The summed E-state index contributed by atoms with van der Waals surface area (Å²) in [5.41, 5.74) is 3.08. The van der Waals surface area contributed by atoms with Gasteiger partial charge in [0.1, 0.15) is 22.5 Å². The number of ether oxygens (including phenoxy) is 2. The number of nitro groups is 1. The van der Waals surface area contributed by atoms with Crippen LogP contribution in [0.1, 0.15) is 21.7 Å². The number of rotatable bonds is 8. The number of para-hydroxylation sites is 1. The third kappa shape index (κ3) is 5.77. The lowest BCUT2D eigenvalue weighted by molar-refractivity contribution is -0.402. The predicted molar refractivity (Wildman–Crippen MR) is 109 cm³/mol. The van der Waals surface area contributed by atoms with E-state index in [2.05, 4.69) is 10.5 Å². The number of benzene rings is 2. The van der Waals surface area contributed by atoms with E-state index >= 15 is 0 Å². The van der Waals surface area contributed by atoms with Crippen LogP contribution in [0.3, 0.4) is 0 Å². The molecule has 0 saturated carbocycles. The number of nitrogens with one attached hydrogen (secondary N) is 1. The second kappa shape index (κ2) is 10.2. The maximum atomic E-state index is 12.0. The minimum atomic E-state index is -0.907. The maximum Gasteiger partial charge on any atom is 0.433 e. The third-order valence-corrected chi connectivity index (χ3v) is 3.81. The van der Waals surface area contributed by atoms with Crippen LogP contribution in [0.2, 0.25) is 0 Å². The molecule has 0 bridgehead atoms. The van der Waals surface area contributed by atoms with Gasteiger partial charge in [-0.1, -0.05) is 24.3 Å². The molecule has 3 aromatic rings. The van der Waals surface area contributed by atoms with Gasteiger partial charge in [-0.2, -0.15) is 10.4 Å². The van der Waals surface area contributed by atoms with Crippen molar-refractivity contribution in [2.24, 2.45) is 5.10 Å². The van der Waals surface area contributed by atoms with Gasteiger partial charge in [0.05, 0.1) is 17.8 Å². The fourth-order valence-corrected chi connectivity index (χ4v) is 2.39. The van der Waals surface area contributed by atoms with E-state index in [9.17, 15) is 19.7 Å². The van der Waals surface area contributed by atoms with Gasteiger partial charge in [0, 0.05) is 0 Å². The molecule has 1 N–H and O–H groups in total. The van der Waals surface area contributed by atoms with Gasteiger partial charge < -0.3 is 13.9 Å². The predicted octanol–water partition coefficient (Wildman–Crippen LogP) is 2.81. The van der Waals surface area contributed by atoms with E-state index in [1.807, 2.05) is 6.07 Å². The first kappa shape index (κ1) is 21.7. The molecule has 1 heterocycles. The van der Waals surface area contributed by atoms with Crippen LogP contribution in [0.15, 0.2) is 70.2 Å². The molecule has 0 atom stereocenters. The number of esters is 1. The van der Waals surface area contributed by atoms with Crippen molar-refractivity contribution >= 4 is 24.0 Å². The van der Waals surface area contributed by atoms with E-state index in [-0.39, 0.29) is 23.9 Å². The van der Waals surface area contributed by atoms with Crippen molar-refractivity contribution in [3.63, 3.8) is 0 Å². The molecular weight excluding hydrogens is 420 g/mol. The van der Waals surface area contributed by atoms with Gasteiger partial charge in [-0.05, 0) is 35.9 Å². The van der Waals surface area contributed by atoms with Gasteiger partial charge in [-0.15, -0.1) is 0 Å². The van der Waals surface area contributed by atoms with Crippen molar-refractivity contribution in [1.82, 2.24) is 5.43 Å². The van der Waals surface area contributed by atoms with Crippen LogP contribution in [-0.4, -0.2) is 29.6 Å². The van der Waals surface area contributed by atoms with Gasteiger partial charge in [-0.25, -0.2) is 10.2 Å². The fraction of sp³-hybridized carbons (Fsp3) is 0.0476. The summed E-state index contributed by atoms with van der Waals surface area (Å²) < 4.78 is 15.2. The molecule has 0 aliphatic carbocycles. The van der Waals surface area contributed by atoms with E-state index in [0.717, 1.165) is 12.1 Å². The van der Waals surface area contributed by atoms with Crippen LogP contribution in [0, 0.1) is 21.4 Å². The first-order valence-electron chi connectivity index (χ1n) is 8.96. The van der Waals surface area contributed by atoms with Crippen molar-refractivity contribution in [1.29, 1.82) is 5.26 Å². The molecule has 11 nitrogen and oxygen atoms in total. The number of hydrazone groups is 1. The molecule has 0 aliphatic heterocycles. The molecule has 160 valence electrons. The lowest BCUT2D eigenvalue weighted by Gasteiger charge is -2.06. The monoisotopic (exact) mass is 434 g/mol. The maximum absolute atomic E-state index is 12.0. The zero-order valence-electron chi connectivity index (χ0n) is 16.3. The molecule has 2 aromatic carbocycles. The number of hydrogen-bond donors (Lipinski definition) is 1. The Hall–Kier alpha value is -4.98. The topological polar surface area (TPSA) is 157 Å². The smallest absolute Gasteiger partial charge is 0.433 e. The molecule has 0 saturated heterocycles. The van der Waals surface area contributed by atoms with E-state index in [4.69, 9.17) is 19.2 Å². The highest BCUT2D eigenvalue weighted by Gasteiger charge is 2.19. The minimum absolute atomic E-state index is 0.140. The van der Waals surface area contributed by atoms with Crippen LogP contribution in [0.4, 0.5) is 5.88 Å². The van der Waals surface area contributed by atoms with Crippen molar-refractivity contribution in [3.05, 3.63) is 87.7 Å². The van der Waals surface area contributed by atoms with Gasteiger partial charge in [0.2, 0.25) is 5.76 Å². The van der Waals surface area contributed by atoms with Gasteiger partial charge in [0.25, 0.3) is 5.91 Å². The van der Waals surface area contributed by atoms with Crippen LogP contribution < -0.4 is 14.9 Å². The van der Waals surface area contributed by atoms with Crippen molar-refractivity contribution < 1.29 is 28.4 Å². The standard InChI is InChI=1S/C21H14N4O7/c22-11-15-5-1-2-7-17(15)30-13-19(26)24-23-12-14-4-3-6-16(10-14)31-21(27)18-8-9-20(32-18)25(28)29/h1-10,12H,13H2,(H,24,26). The van der Waals surface area contributed by atoms with Gasteiger partial charge in [0.15, 0.2) is 6.61 Å². The Balaban J connectivity index is 1.53. The molecule has 0 aliphatic rings. The van der Waals surface area contributed by atoms with Crippen molar-refractivity contribution in [2.75, 3.05) is 6.61 Å². The van der Waals surface area contributed by atoms with Crippen LogP contribution in [0.5, 0.6) is 11.5 Å². The minimum Gasteiger partial charge on any atom is -0.482 e. The Morgan fingerprint density at radius 2 is 2.00 bits per heavy atom. The number of furan rings is 1. The highest BCUT2D eigenvalue weighted by molar-refractivity contribution is 5.89. The lowest BCUT2D eigenvalue weighted by atomic mass is 10.2. The molecule has 0 fully saturated rings. The Morgan fingerprint density at radius 1 is 1.19 bits per heavy atom. The summed E-state index contributed by atoms with van der Waals surface area (Å²) in [6.07, 6.45) is 1.32. The normalized spacial score (nSPS) is 10.3. The molecule has 0 spiro atoms. The van der Waals surface area contributed by atoms with E-state index in [1.54, 1.807) is 36.4 Å². The zero-order chi connectivity index (χ0) is 22.9. The summed E-state index contributed by atoms with van der Waals surface area (Å²) in [7, 11) is 0. The quantitative estimate of drug-likeness (QED) is 0.186. The van der Waals surface area contributed by atoms with E-state index < -0.39 is 22.7 Å². The molecule has 3 rings (SSSR count). The van der Waals surface area contributed by atoms with Crippen molar-refractivity contribution in [2.45, 2.75) is 0 Å². The Kier molecular flexibility index (Phi) is 6.90. The summed E-state index contributed by atoms with van der Waals surface area (Å²) in [5, 5.41) is 23.4. The SMILES string of the molecule is N#Cc1ccccc1OCC(=O)NN=Cc1cccc(OC(=O)c2ccc([N+](=O)[O-])o2)c1. The largest absolute Gasteiger partial charge is 0.482 e. The number of nitriles is 1. The molecule has 1 aromatic heterocycles. The summed E-state index contributed by atoms with van der Waals surface area (Å²) in [6, 6.07) is 16.8. The van der Waals surface area contributed by atoms with Crippen LogP contribution >= 0.6 is 0 Å². The Morgan fingerprint density at radius 3 is 2.75 bits per heavy atom. The van der Waals surface area contributed by atoms with E-state index in [0.29, 0.717) is 11.1 Å². The molecule has 32 heavy (non-hydrogen) atoms. The highest BCUT2D eigenvalue weighted by atomic mass is 16.7. The summed E-state index contributed by atoms with van der Waals surface area (Å²) >= 11 is 0. The fourth-order valence-electron chi connectivity index (χ4n) is 2.39. The molecule has 1 amide bonds. The Bertz CT molecular complexity index is 1230. The highest BCUT2D eigenvalue weighted by Crippen LogP contribution is 2.19. The average Bonchev–Trinajstić information content (AvgIpc) is 3.29. The molecule has 0 radical (unpaired) electrons. The molecule has 11 heteroatoms. The number of amides is 1. The van der Waals surface area contributed by atoms with E-state index in [1.165, 1.54) is 18.3 Å². The molecular formula is C21H14N4O7. The van der Waals surface area contributed by atoms with Gasteiger partial charge >= 0.3 is 11.9 Å². The number of nitrogens with zero attached hydrogens (tertiary/aromatic N) is 3. The lowest BCUT2D eigenvalue weighted by Crippen LogP contribution is -2.24. The number of carbonyl (C=O) groups excluding carboxylic acids is 2. The Labute approximate surface area is 180 Å². The second-order valence-electron chi connectivity index (χ2n) is 6.05. The average molecular weight is 434 g/mol. The zero-order valence-corrected chi connectivity index (χ0v) is 16.3. The first-order chi connectivity index (χ1) is 15.5. The summed E-state index contributed by atoms with van der Waals surface area (Å²) in [5.74, 6) is -1.92. The third-order valence-electron chi connectivity index (χ3n) is 3.81. The first-order valence-corrected chi connectivity index (χ1v) is 8.96. The summed E-state index contributed by atoms with van der Waals surface area (Å²) in [6.45, 7) is -0.344. The van der Waals surface area contributed by atoms with Gasteiger partial charge in [-0.3, -0.25) is 14.9 Å². The number of carbonyl (C=O) groups is 2. The number of hydrogen-bond acceptors (Lipinski definition) is 9. The van der Waals surface area contributed by atoms with Crippen LogP contribution in [0.25, 0.3) is 0 Å². The van der Waals surface area contributed by atoms with Crippen LogP contribution in [-0.2, 0) is 4.79 Å². The summed E-state index contributed by atoms with van der Waals surface area (Å²) in [4.78, 5) is 33.8. The second-order valence-corrected chi connectivity index (χ2v) is 6.05. The molecule has 0 unspecified atom stereocenters.